The summed E-state index contributed by atoms with van der Waals surface area (Å²) in [6.45, 7) is 0.981. The fraction of sp³-hybridized carbons (Fsp3) is 0.312. The van der Waals surface area contributed by atoms with Crippen LogP contribution in [0.25, 0.3) is 0 Å². The summed E-state index contributed by atoms with van der Waals surface area (Å²) in [5.41, 5.74) is 0.984. The molecule has 0 bridgehead atoms. The SMILES string of the molecule is O=C(OCc1ccccc1)N1CCC[C@H]1c1ncccn1. The first-order valence-electron chi connectivity index (χ1n) is 7.09. The Morgan fingerprint density at radius 3 is 2.71 bits per heavy atom. The van der Waals surface area contributed by atoms with Crippen molar-refractivity contribution in [3.05, 3.63) is 60.2 Å². The Morgan fingerprint density at radius 1 is 1.19 bits per heavy atom. The van der Waals surface area contributed by atoms with E-state index in [0.29, 0.717) is 19.0 Å². The standard InChI is InChI=1S/C16H17N3O2/c20-16(21-12-13-6-2-1-3-7-13)19-11-4-8-14(19)15-17-9-5-10-18-15/h1-3,5-7,9-10,14H,4,8,11-12H2/t14-/m0/s1. The van der Waals surface area contributed by atoms with Crippen molar-refractivity contribution in [2.45, 2.75) is 25.5 Å². The lowest BCUT2D eigenvalue weighted by Crippen LogP contribution is -2.31. The fourth-order valence-corrected chi connectivity index (χ4v) is 2.54. The van der Waals surface area contributed by atoms with Gasteiger partial charge in [0.25, 0.3) is 0 Å². The molecule has 2 aromatic rings. The molecule has 1 saturated heterocycles. The Hall–Kier alpha value is -2.43. The quantitative estimate of drug-likeness (QED) is 0.869. The Labute approximate surface area is 123 Å². The van der Waals surface area contributed by atoms with E-state index in [0.717, 1.165) is 18.4 Å². The molecule has 21 heavy (non-hydrogen) atoms. The second-order valence-electron chi connectivity index (χ2n) is 5.00. The Balaban J connectivity index is 1.64. The van der Waals surface area contributed by atoms with Crippen LogP contribution < -0.4 is 0 Å². The molecular weight excluding hydrogens is 266 g/mol. The fourth-order valence-electron chi connectivity index (χ4n) is 2.54. The number of nitrogens with zero attached hydrogens (tertiary/aromatic N) is 3. The molecule has 1 amide bonds. The molecule has 3 rings (SSSR count). The van der Waals surface area contributed by atoms with Gasteiger partial charge in [0.15, 0.2) is 5.82 Å². The minimum absolute atomic E-state index is 0.0746. The van der Waals surface area contributed by atoms with Gasteiger partial charge in [-0.25, -0.2) is 14.8 Å². The maximum absolute atomic E-state index is 12.3. The maximum Gasteiger partial charge on any atom is 0.410 e. The van der Waals surface area contributed by atoms with Crippen molar-refractivity contribution in [3.8, 4) is 0 Å². The Bertz CT molecular complexity index is 589. The van der Waals surface area contributed by atoms with Crippen molar-refractivity contribution in [1.29, 1.82) is 0 Å². The highest BCUT2D eigenvalue weighted by Gasteiger charge is 2.32. The summed E-state index contributed by atoms with van der Waals surface area (Å²) in [5.74, 6) is 0.687. The van der Waals surface area contributed by atoms with Crippen LogP contribution in [0.5, 0.6) is 0 Å². The van der Waals surface area contributed by atoms with Crippen LogP contribution in [0.4, 0.5) is 4.79 Å². The van der Waals surface area contributed by atoms with E-state index in [2.05, 4.69) is 9.97 Å². The van der Waals surface area contributed by atoms with Gasteiger partial charge >= 0.3 is 6.09 Å². The molecule has 0 spiro atoms. The molecule has 0 aliphatic carbocycles. The molecule has 1 atom stereocenters. The van der Waals surface area contributed by atoms with E-state index in [1.54, 1.807) is 23.4 Å². The molecule has 1 aliphatic heterocycles. The average Bonchev–Trinajstić information content (AvgIpc) is 3.04. The average molecular weight is 283 g/mol. The van der Waals surface area contributed by atoms with Gasteiger partial charge < -0.3 is 4.74 Å². The van der Waals surface area contributed by atoms with Gasteiger partial charge in [-0.05, 0) is 24.5 Å². The molecule has 0 unspecified atom stereocenters. The van der Waals surface area contributed by atoms with E-state index >= 15 is 0 Å². The topological polar surface area (TPSA) is 55.3 Å². The second-order valence-corrected chi connectivity index (χ2v) is 5.00. The number of aromatic nitrogens is 2. The third kappa shape index (κ3) is 3.18. The first-order chi connectivity index (χ1) is 10.3. The van der Waals surface area contributed by atoms with Crippen LogP contribution in [0.15, 0.2) is 48.8 Å². The smallest absolute Gasteiger partial charge is 0.410 e. The number of amides is 1. The van der Waals surface area contributed by atoms with E-state index in [1.807, 2.05) is 30.3 Å². The zero-order chi connectivity index (χ0) is 14.5. The highest BCUT2D eigenvalue weighted by atomic mass is 16.6. The normalized spacial score (nSPS) is 17.7. The molecule has 1 aromatic carbocycles. The lowest BCUT2D eigenvalue weighted by molar-refractivity contribution is 0.0908. The highest BCUT2D eigenvalue weighted by Crippen LogP contribution is 2.30. The summed E-state index contributed by atoms with van der Waals surface area (Å²) in [4.78, 5) is 22.5. The first kappa shape index (κ1) is 13.5. The molecule has 0 saturated carbocycles. The molecule has 1 aliphatic rings. The minimum atomic E-state index is -0.297. The van der Waals surface area contributed by atoms with Gasteiger partial charge in [-0.15, -0.1) is 0 Å². The number of hydrogen-bond acceptors (Lipinski definition) is 4. The summed E-state index contributed by atoms with van der Waals surface area (Å²) in [6, 6.07) is 11.4. The summed E-state index contributed by atoms with van der Waals surface area (Å²) < 4.78 is 5.40. The van der Waals surface area contributed by atoms with E-state index in [9.17, 15) is 4.79 Å². The summed E-state index contributed by atoms with van der Waals surface area (Å²) in [7, 11) is 0. The van der Waals surface area contributed by atoms with Crippen LogP contribution in [0.1, 0.15) is 30.3 Å². The summed E-state index contributed by atoms with van der Waals surface area (Å²) in [6.07, 6.45) is 4.93. The molecule has 1 aromatic heterocycles. The van der Waals surface area contributed by atoms with Gasteiger partial charge in [0.2, 0.25) is 0 Å². The van der Waals surface area contributed by atoms with Crippen LogP contribution >= 0.6 is 0 Å². The van der Waals surface area contributed by atoms with E-state index < -0.39 is 0 Å². The Kier molecular flexibility index (Phi) is 4.09. The third-order valence-corrected chi connectivity index (χ3v) is 3.58. The predicted octanol–water partition coefficient (Wildman–Crippen LogP) is 2.95. The minimum Gasteiger partial charge on any atom is -0.445 e. The molecule has 5 nitrogen and oxygen atoms in total. The predicted molar refractivity (Wildman–Crippen MR) is 77.3 cm³/mol. The summed E-state index contributed by atoms with van der Waals surface area (Å²) in [5, 5.41) is 0. The highest BCUT2D eigenvalue weighted by molar-refractivity contribution is 5.68. The van der Waals surface area contributed by atoms with Crippen molar-refractivity contribution >= 4 is 6.09 Å². The van der Waals surface area contributed by atoms with Gasteiger partial charge in [-0.1, -0.05) is 30.3 Å². The molecular formula is C16H17N3O2. The van der Waals surface area contributed by atoms with E-state index in [-0.39, 0.29) is 12.1 Å². The molecule has 0 radical (unpaired) electrons. The van der Waals surface area contributed by atoms with Gasteiger partial charge in [0, 0.05) is 18.9 Å². The third-order valence-electron chi connectivity index (χ3n) is 3.58. The van der Waals surface area contributed by atoms with E-state index in [4.69, 9.17) is 4.74 Å². The van der Waals surface area contributed by atoms with Gasteiger partial charge in [0.1, 0.15) is 6.61 Å². The van der Waals surface area contributed by atoms with Crippen molar-refractivity contribution in [3.63, 3.8) is 0 Å². The number of carbonyl (C=O) groups is 1. The van der Waals surface area contributed by atoms with Gasteiger partial charge in [-0.3, -0.25) is 4.90 Å². The molecule has 1 fully saturated rings. The van der Waals surface area contributed by atoms with Gasteiger partial charge in [-0.2, -0.15) is 0 Å². The number of ether oxygens (including phenoxy) is 1. The zero-order valence-electron chi connectivity index (χ0n) is 11.7. The zero-order valence-corrected chi connectivity index (χ0v) is 11.7. The lowest BCUT2D eigenvalue weighted by atomic mass is 10.2. The van der Waals surface area contributed by atoms with Crippen LogP contribution in [-0.4, -0.2) is 27.5 Å². The maximum atomic E-state index is 12.3. The van der Waals surface area contributed by atoms with Crippen molar-refractivity contribution in [2.75, 3.05) is 6.54 Å². The lowest BCUT2D eigenvalue weighted by Gasteiger charge is -2.22. The Morgan fingerprint density at radius 2 is 1.95 bits per heavy atom. The molecule has 5 heteroatoms. The van der Waals surface area contributed by atoms with Crippen molar-refractivity contribution in [2.24, 2.45) is 0 Å². The molecule has 0 N–H and O–H groups in total. The van der Waals surface area contributed by atoms with Gasteiger partial charge in [0.05, 0.1) is 6.04 Å². The number of likely N-dealkylation sites (tertiary alicyclic amines) is 1. The van der Waals surface area contributed by atoms with Crippen molar-refractivity contribution in [1.82, 2.24) is 14.9 Å². The first-order valence-corrected chi connectivity index (χ1v) is 7.09. The molecule has 2 heterocycles. The largest absolute Gasteiger partial charge is 0.445 e. The van der Waals surface area contributed by atoms with Crippen LogP contribution in [0.3, 0.4) is 0 Å². The van der Waals surface area contributed by atoms with E-state index in [1.165, 1.54) is 0 Å². The second kappa shape index (κ2) is 6.35. The number of benzene rings is 1. The van der Waals surface area contributed by atoms with Crippen LogP contribution in [0.2, 0.25) is 0 Å². The molecule has 108 valence electrons. The summed E-state index contributed by atoms with van der Waals surface area (Å²) >= 11 is 0. The number of rotatable bonds is 3. The van der Waals surface area contributed by atoms with Crippen LogP contribution in [0, 0.1) is 0 Å². The number of carbonyl (C=O) groups excluding carboxylic acids is 1. The monoisotopic (exact) mass is 283 g/mol. The van der Waals surface area contributed by atoms with Crippen LogP contribution in [-0.2, 0) is 11.3 Å². The van der Waals surface area contributed by atoms with Crippen molar-refractivity contribution < 1.29 is 9.53 Å². The number of hydrogen-bond donors (Lipinski definition) is 0.